The zero-order valence-corrected chi connectivity index (χ0v) is 24.0. The van der Waals surface area contributed by atoms with Crippen LogP contribution in [0.1, 0.15) is 26.3 Å². The van der Waals surface area contributed by atoms with Crippen LogP contribution in [0.25, 0.3) is 33.5 Å². The van der Waals surface area contributed by atoms with Crippen LogP contribution in [0.15, 0.2) is 75.0 Å². The minimum Gasteiger partial charge on any atom is -0.490 e. The highest BCUT2D eigenvalue weighted by Gasteiger charge is 2.24. The molecule has 13 heteroatoms. The lowest BCUT2D eigenvalue weighted by Crippen LogP contribution is -2.20. The molecule has 0 spiro atoms. The second-order valence-corrected chi connectivity index (χ2v) is 9.93. The molecule has 2 heterocycles. The normalized spacial score (nSPS) is 11.5. The van der Waals surface area contributed by atoms with Crippen molar-refractivity contribution in [1.29, 1.82) is 0 Å². The second kappa shape index (κ2) is 12.3. The molecule has 220 valence electrons. The molecular weight excluding hydrogens is 580 g/mol. The van der Waals surface area contributed by atoms with E-state index in [-0.39, 0.29) is 41.4 Å². The topological polar surface area (TPSA) is 148 Å². The molecule has 0 radical (unpaired) electrons. The molecule has 43 heavy (non-hydrogen) atoms. The van der Waals surface area contributed by atoms with E-state index in [9.17, 15) is 19.7 Å². The average Bonchev–Trinajstić information content (AvgIpc) is 3.38. The molecule has 0 atom stereocenters. The van der Waals surface area contributed by atoms with Crippen molar-refractivity contribution in [3.8, 4) is 23.1 Å². The Balaban J connectivity index is 1.61. The molecule has 0 bridgehead atoms. The van der Waals surface area contributed by atoms with Gasteiger partial charge in [-0.2, -0.15) is 9.78 Å². The number of hydrogen-bond donors (Lipinski definition) is 0. The van der Waals surface area contributed by atoms with Gasteiger partial charge in [0, 0.05) is 22.0 Å². The number of ether oxygens (including phenoxy) is 3. The smallest absolute Gasteiger partial charge is 0.344 e. The molecule has 0 aliphatic heterocycles. The summed E-state index contributed by atoms with van der Waals surface area (Å²) in [6, 6.07) is 16.2. The first kappa shape index (κ1) is 29.3. The Morgan fingerprint density at radius 1 is 1.16 bits per heavy atom. The third kappa shape index (κ3) is 6.33. The highest BCUT2D eigenvalue weighted by atomic mass is 35.5. The molecular formula is C30H25ClN4O8. The number of nitrogens with zero attached hydrogens (tertiary/aromatic N) is 4. The standard InChI is InChI=1S/C30H25ClN4O8/c1-4-40-25-12-18(11-23(35(38)39)28(25)41-16-27(36)42-17(2)3)15-32-34-29(33-22-8-6-5-7-21(22)30(34)37)26-14-19-13-20(31)9-10-24(19)43-26/h5-15,17H,4,16H2,1-3H3. The van der Waals surface area contributed by atoms with Gasteiger partial charge in [-0.3, -0.25) is 14.9 Å². The van der Waals surface area contributed by atoms with Crippen LogP contribution in [0, 0.1) is 10.1 Å². The Bertz CT molecular complexity index is 1950. The molecule has 3 aromatic carbocycles. The van der Waals surface area contributed by atoms with Crippen molar-refractivity contribution >= 4 is 51.3 Å². The number of para-hydroxylation sites is 1. The SMILES string of the molecule is CCOc1cc(C=Nn2c(-c3cc4cc(Cl)ccc4o3)nc3ccccc3c2=O)cc([N+](=O)[O-])c1OCC(=O)OC(C)C. The Hall–Kier alpha value is -5.23. The monoisotopic (exact) mass is 604 g/mol. The Morgan fingerprint density at radius 2 is 1.95 bits per heavy atom. The second-order valence-electron chi connectivity index (χ2n) is 9.49. The first-order valence-corrected chi connectivity index (χ1v) is 13.6. The van der Waals surface area contributed by atoms with Crippen LogP contribution in [0.4, 0.5) is 5.69 Å². The molecule has 0 unspecified atom stereocenters. The quantitative estimate of drug-likeness (QED) is 0.0811. The van der Waals surface area contributed by atoms with Gasteiger partial charge in [-0.25, -0.2) is 9.78 Å². The number of halogens is 1. The highest BCUT2D eigenvalue weighted by Crippen LogP contribution is 2.38. The summed E-state index contributed by atoms with van der Waals surface area (Å²) in [6.45, 7) is 4.63. The minimum absolute atomic E-state index is 0.00821. The van der Waals surface area contributed by atoms with Crippen molar-refractivity contribution < 1.29 is 28.3 Å². The lowest BCUT2D eigenvalue weighted by atomic mass is 10.2. The van der Waals surface area contributed by atoms with Gasteiger partial charge in [0.15, 0.2) is 18.1 Å². The van der Waals surface area contributed by atoms with Gasteiger partial charge in [-0.05, 0) is 63.2 Å². The van der Waals surface area contributed by atoms with Crippen LogP contribution >= 0.6 is 11.6 Å². The third-order valence-corrected chi connectivity index (χ3v) is 6.27. The number of esters is 1. The first-order valence-electron chi connectivity index (χ1n) is 13.2. The number of nitro groups is 1. The van der Waals surface area contributed by atoms with E-state index in [0.717, 1.165) is 4.68 Å². The number of benzene rings is 3. The van der Waals surface area contributed by atoms with Gasteiger partial charge in [0.25, 0.3) is 5.56 Å². The molecule has 5 aromatic rings. The van der Waals surface area contributed by atoms with E-state index in [0.29, 0.717) is 26.9 Å². The van der Waals surface area contributed by atoms with E-state index in [1.807, 2.05) is 0 Å². The Kier molecular flexibility index (Phi) is 8.39. The zero-order chi connectivity index (χ0) is 30.7. The van der Waals surface area contributed by atoms with E-state index >= 15 is 0 Å². The van der Waals surface area contributed by atoms with Crippen LogP contribution in [0.3, 0.4) is 0 Å². The van der Waals surface area contributed by atoms with Crippen LogP contribution < -0.4 is 15.0 Å². The number of hydrogen-bond acceptors (Lipinski definition) is 10. The van der Waals surface area contributed by atoms with Crippen molar-refractivity contribution in [2.24, 2.45) is 5.10 Å². The Labute approximate surface area is 249 Å². The summed E-state index contributed by atoms with van der Waals surface area (Å²) in [4.78, 5) is 41.6. The summed E-state index contributed by atoms with van der Waals surface area (Å²) in [5.41, 5.74) is 0.220. The van der Waals surface area contributed by atoms with Crippen LogP contribution in [-0.2, 0) is 9.53 Å². The number of fused-ring (bicyclic) bond motifs is 2. The summed E-state index contributed by atoms with van der Waals surface area (Å²) in [5, 5.41) is 17.9. The number of nitro benzene ring substituents is 1. The minimum atomic E-state index is -0.694. The van der Waals surface area contributed by atoms with Gasteiger partial charge >= 0.3 is 11.7 Å². The maximum Gasteiger partial charge on any atom is 0.344 e. The molecule has 0 fully saturated rings. The van der Waals surface area contributed by atoms with Gasteiger partial charge in [0.1, 0.15) is 5.58 Å². The van der Waals surface area contributed by atoms with Gasteiger partial charge < -0.3 is 18.6 Å². The van der Waals surface area contributed by atoms with E-state index in [1.54, 1.807) is 69.3 Å². The number of furan rings is 1. The van der Waals surface area contributed by atoms with Crippen molar-refractivity contribution in [2.45, 2.75) is 26.9 Å². The summed E-state index contributed by atoms with van der Waals surface area (Å²) < 4.78 is 23.2. The van der Waals surface area contributed by atoms with E-state index in [1.165, 1.54) is 18.3 Å². The molecule has 0 amide bonds. The van der Waals surface area contributed by atoms with Crippen LogP contribution in [0.2, 0.25) is 5.02 Å². The van der Waals surface area contributed by atoms with Crippen molar-refractivity contribution in [2.75, 3.05) is 13.2 Å². The van der Waals surface area contributed by atoms with Crippen LogP contribution in [0.5, 0.6) is 11.5 Å². The molecule has 0 saturated carbocycles. The largest absolute Gasteiger partial charge is 0.490 e. The fraction of sp³-hybridized carbons (Fsp3) is 0.200. The van der Waals surface area contributed by atoms with Crippen molar-refractivity contribution in [3.05, 3.63) is 91.7 Å². The maximum absolute atomic E-state index is 13.6. The first-order chi connectivity index (χ1) is 20.6. The molecule has 12 nitrogen and oxygen atoms in total. The van der Waals surface area contributed by atoms with E-state index in [4.69, 9.17) is 30.2 Å². The molecule has 0 N–H and O–H groups in total. The molecule has 5 rings (SSSR count). The van der Waals surface area contributed by atoms with Crippen molar-refractivity contribution in [1.82, 2.24) is 9.66 Å². The molecule has 2 aromatic heterocycles. The van der Waals surface area contributed by atoms with E-state index < -0.39 is 28.7 Å². The molecule has 0 saturated heterocycles. The fourth-order valence-corrected chi connectivity index (χ4v) is 4.47. The predicted molar refractivity (Wildman–Crippen MR) is 160 cm³/mol. The van der Waals surface area contributed by atoms with Gasteiger partial charge in [0.05, 0.1) is 34.8 Å². The average molecular weight is 605 g/mol. The zero-order valence-electron chi connectivity index (χ0n) is 23.3. The Morgan fingerprint density at radius 3 is 2.70 bits per heavy atom. The number of rotatable bonds is 10. The highest BCUT2D eigenvalue weighted by molar-refractivity contribution is 6.31. The lowest BCUT2D eigenvalue weighted by Gasteiger charge is -2.13. The predicted octanol–water partition coefficient (Wildman–Crippen LogP) is 5.98. The third-order valence-electron chi connectivity index (χ3n) is 6.03. The number of aromatic nitrogens is 2. The molecule has 0 aliphatic carbocycles. The summed E-state index contributed by atoms with van der Waals surface area (Å²) in [6.07, 6.45) is 0.874. The fourth-order valence-electron chi connectivity index (χ4n) is 4.29. The number of carbonyl (C=O) groups is 1. The summed E-state index contributed by atoms with van der Waals surface area (Å²) in [7, 11) is 0. The number of carbonyl (C=O) groups excluding carboxylic acids is 1. The van der Waals surface area contributed by atoms with Crippen LogP contribution in [-0.4, -0.2) is 46.1 Å². The lowest BCUT2D eigenvalue weighted by molar-refractivity contribution is -0.385. The summed E-state index contributed by atoms with van der Waals surface area (Å²) in [5.74, 6) is -0.559. The molecule has 0 aliphatic rings. The maximum atomic E-state index is 13.6. The van der Waals surface area contributed by atoms with Gasteiger partial charge in [0.2, 0.25) is 11.6 Å². The van der Waals surface area contributed by atoms with E-state index in [2.05, 4.69) is 10.1 Å². The van der Waals surface area contributed by atoms with Gasteiger partial charge in [-0.15, -0.1) is 0 Å². The van der Waals surface area contributed by atoms with Gasteiger partial charge in [-0.1, -0.05) is 23.7 Å². The van der Waals surface area contributed by atoms with Crippen molar-refractivity contribution in [3.63, 3.8) is 0 Å². The summed E-state index contributed by atoms with van der Waals surface area (Å²) >= 11 is 6.14.